The van der Waals surface area contributed by atoms with E-state index < -0.39 is 0 Å². The molecule has 0 saturated carbocycles. The van der Waals surface area contributed by atoms with Crippen molar-refractivity contribution < 1.29 is 4.79 Å². The maximum absolute atomic E-state index is 12.9. The van der Waals surface area contributed by atoms with Crippen LogP contribution in [0.4, 0.5) is 5.69 Å². The van der Waals surface area contributed by atoms with Crippen LogP contribution in [-0.2, 0) is 24.2 Å². The number of rotatable bonds is 3. The van der Waals surface area contributed by atoms with E-state index in [0.717, 1.165) is 41.8 Å². The van der Waals surface area contributed by atoms with Gasteiger partial charge in [-0.25, -0.2) is 4.52 Å². The van der Waals surface area contributed by atoms with Crippen LogP contribution in [0.15, 0.2) is 41.5 Å². The molecule has 0 saturated heterocycles. The summed E-state index contributed by atoms with van der Waals surface area (Å²) in [4.78, 5) is 25.3. The fourth-order valence-corrected chi connectivity index (χ4v) is 3.65. The van der Waals surface area contributed by atoms with Crippen LogP contribution >= 0.6 is 0 Å². The highest BCUT2D eigenvalue weighted by Crippen LogP contribution is 2.26. The third-order valence-electron chi connectivity index (χ3n) is 4.99. The normalized spacial score (nSPS) is 16.5. The zero-order chi connectivity index (χ0) is 18.3. The van der Waals surface area contributed by atoms with Gasteiger partial charge in [0.15, 0.2) is 0 Å². The van der Waals surface area contributed by atoms with Crippen LogP contribution < -0.4 is 10.9 Å². The lowest BCUT2D eigenvalue weighted by Gasteiger charge is -2.16. The molecule has 1 aliphatic rings. The number of aryl methyl sites for hydroxylation is 2. The summed E-state index contributed by atoms with van der Waals surface area (Å²) >= 11 is 0. The molecule has 134 valence electrons. The Labute approximate surface area is 151 Å². The summed E-state index contributed by atoms with van der Waals surface area (Å²) in [6.07, 6.45) is 6.27. The first-order chi connectivity index (χ1) is 12.5. The van der Waals surface area contributed by atoms with Crippen molar-refractivity contribution in [1.29, 1.82) is 0 Å². The van der Waals surface area contributed by atoms with Crippen molar-refractivity contribution in [2.24, 2.45) is 5.92 Å². The average molecular weight is 350 g/mol. The second-order valence-electron chi connectivity index (χ2n) is 7.22. The summed E-state index contributed by atoms with van der Waals surface area (Å²) in [6.45, 7) is 4.15. The Balaban J connectivity index is 1.63. The third kappa shape index (κ3) is 3.03. The van der Waals surface area contributed by atoms with Crippen LogP contribution in [0.3, 0.4) is 0 Å². The summed E-state index contributed by atoms with van der Waals surface area (Å²) < 4.78 is 3.13. The minimum Gasteiger partial charge on any atom is -0.325 e. The Bertz CT molecular complexity index is 1050. The van der Waals surface area contributed by atoms with Crippen molar-refractivity contribution in [2.45, 2.75) is 39.7 Å². The Morgan fingerprint density at radius 1 is 1.35 bits per heavy atom. The first kappa shape index (κ1) is 16.6. The van der Waals surface area contributed by atoms with E-state index in [-0.39, 0.29) is 18.0 Å². The number of carbonyl (C=O) groups is 1. The van der Waals surface area contributed by atoms with Gasteiger partial charge >= 0.3 is 0 Å². The molecule has 1 atom stereocenters. The van der Waals surface area contributed by atoms with Crippen molar-refractivity contribution in [3.8, 4) is 0 Å². The second-order valence-corrected chi connectivity index (χ2v) is 7.22. The first-order valence-electron chi connectivity index (χ1n) is 8.97. The molecule has 2 aromatic heterocycles. The number of hydrogen-bond acceptors (Lipinski definition) is 3. The van der Waals surface area contributed by atoms with Crippen molar-refractivity contribution in [3.63, 3.8) is 0 Å². The molecule has 0 fully saturated rings. The molecule has 0 radical (unpaired) electrons. The van der Waals surface area contributed by atoms with Crippen LogP contribution in [0.1, 0.15) is 30.2 Å². The summed E-state index contributed by atoms with van der Waals surface area (Å²) in [5.74, 6) is 0.331. The van der Waals surface area contributed by atoms with Crippen molar-refractivity contribution >= 4 is 17.1 Å². The zero-order valence-corrected chi connectivity index (χ0v) is 15.0. The van der Waals surface area contributed by atoms with E-state index in [4.69, 9.17) is 0 Å². The summed E-state index contributed by atoms with van der Waals surface area (Å²) in [5, 5.41) is 7.40. The average Bonchev–Trinajstić information content (AvgIpc) is 2.96. The van der Waals surface area contributed by atoms with Gasteiger partial charge in [-0.05, 0) is 49.8 Å². The van der Waals surface area contributed by atoms with Gasteiger partial charge in [-0.2, -0.15) is 5.10 Å². The Hall–Kier alpha value is -2.89. The number of nitrogens with one attached hydrogen (secondary N) is 1. The van der Waals surface area contributed by atoms with E-state index in [1.165, 1.54) is 4.57 Å². The Kier molecular flexibility index (Phi) is 4.11. The Morgan fingerprint density at radius 2 is 2.19 bits per heavy atom. The van der Waals surface area contributed by atoms with E-state index in [9.17, 15) is 9.59 Å². The topological polar surface area (TPSA) is 68.4 Å². The van der Waals surface area contributed by atoms with Gasteiger partial charge in [0.2, 0.25) is 5.91 Å². The highest BCUT2D eigenvalue weighted by Gasteiger charge is 2.23. The summed E-state index contributed by atoms with van der Waals surface area (Å²) in [6, 6.07) is 7.60. The van der Waals surface area contributed by atoms with E-state index in [1.807, 2.05) is 31.2 Å². The molecule has 3 aromatic rings. The SMILES string of the molecule is Cc1cccc(NC(=O)Cn2ccn3nc4c(c3c2=O)CC(C)CC4)c1. The number of anilines is 1. The highest BCUT2D eigenvalue weighted by molar-refractivity contribution is 5.90. The van der Waals surface area contributed by atoms with Crippen LogP contribution in [0, 0.1) is 12.8 Å². The lowest BCUT2D eigenvalue weighted by molar-refractivity contribution is -0.116. The molecule has 6 nitrogen and oxygen atoms in total. The molecule has 1 aliphatic carbocycles. The molecule has 1 N–H and O–H groups in total. The van der Waals surface area contributed by atoms with Crippen molar-refractivity contribution in [2.75, 3.05) is 5.32 Å². The fourth-order valence-electron chi connectivity index (χ4n) is 3.65. The number of fused-ring (bicyclic) bond motifs is 3. The van der Waals surface area contributed by atoms with Gasteiger partial charge < -0.3 is 9.88 Å². The quantitative estimate of drug-likeness (QED) is 0.789. The molecule has 0 spiro atoms. The van der Waals surface area contributed by atoms with Crippen LogP contribution in [0.5, 0.6) is 0 Å². The van der Waals surface area contributed by atoms with Gasteiger partial charge in [0.05, 0.1) is 5.69 Å². The standard InChI is InChI=1S/C20H22N4O2/c1-13-4-3-5-15(10-13)21-18(25)12-23-8-9-24-19(20(23)26)16-11-14(2)6-7-17(16)22-24/h3-5,8-10,14H,6-7,11-12H2,1-2H3,(H,21,25). The van der Waals surface area contributed by atoms with Gasteiger partial charge in [0.25, 0.3) is 5.56 Å². The van der Waals surface area contributed by atoms with E-state index in [0.29, 0.717) is 11.4 Å². The number of amides is 1. The second kappa shape index (κ2) is 6.44. The number of aromatic nitrogens is 3. The maximum atomic E-state index is 12.9. The summed E-state index contributed by atoms with van der Waals surface area (Å²) in [5.41, 5.74) is 4.32. The van der Waals surface area contributed by atoms with Crippen LogP contribution in [0.2, 0.25) is 0 Å². The molecule has 0 bridgehead atoms. The molecule has 6 heteroatoms. The molecular formula is C20H22N4O2. The molecule has 2 heterocycles. The zero-order valence-electron chi connectivity index (χ0n) is 15.0. The molecule has 26 heavy (non-hydrogen) atoms. The monoisotopic (exact) mass is 350 g/mol. The third-order valence-corrected chi connectivity index (χ3v) is 4.99. The molecule has 4 rings (SSSR count). The van der Waals surface area contributed by atoms with Crippen molar-refractivity contribution in [3.05, 3.63) is 63.8 Å². The number of hydrogen-bond donors (Lipinski definition) is 1. The highest BCUT2D eigenvalue weighted by atomic mass is 16.2. The van der Waals surface area contributed by atoms with Crippen molar-refractivity contribution in [1.82, 2.24) is 14.2 Å². The van der Waals surface area contributed by atoms with Gasteiger partial charge in [-0.1, -0.05) is 19.1 Å². The van der Waals surface area contributed by atoms with Gasteiger partial charge in [-0.15, -0.1) is 0 Å². The molecule has 0 aliphatic heterocycles. The minimum absolute atomic E-state index is 0.0151. The fraction of sp³-hybridized carbons (Fsp3) is 0.350. The van der Waals surface area contributed by atoms with Crippen LogP contribution in [-0.4, -0.2) is 20.1 Å². The largest absolute Gasteiger partial charge is 0.325 e. The minimum atomic E-state index is -0.219. The molecule has 1 aromatic carbocycles. The molecule has 1 amide bonds. The number of carbonyl (C=O) groups excluding carboxylic acids is 1. The van der Waals surface area contributed by atoms with E-state index in [2.05, 4.69) is 17.3 Å². The Morgan fingerprint density at radius 3 is 3.00 bits per heavy atom. The predicted molar refractivity (Wildman–Crippen MR) is 100 cm³/mol. The van der Waals surface area contributed by atoms with Gasteiger partial charge in [0, 0.05) is 23.6 Å². The predicted octanol–water partition coefficient (Wildman–Crippen LogP) is 2.57. The van der Waals surface area contributed by atoms with Crippen LogP contribution in [0.25, 0.3) is 5.52 Å². The molecule has 1 unspecified atom stereocenters. The van der Waals surface area contributed by atoms with E-state index >= 15 is 0 Å². The summed E-state index contributed by atoms with van der Waals surface area (Å²) in [7, 11) is 0. The molecular weight excluding hydrogens is 328 g/mol. The number of nitrogens with zero attached hydrogens (tertiary/aromatic N) is 3. The smallest absolute Gasteiger partial charge is 0.277 e. The lowest BCUT2D eigenvalue weighted by Crippen LogP contribution is -2.28. The number of benzene rings is 1. The lowest BCUT2D eigenvalue weighted by atomic mass is 9.88. The maximum Gasteiger partial charge on any atom is 0.277 e. The van der Waals surface area contributed by atoms with E-state index in [1.54, 1.807) is 16.9 Å². The first-order valence-corrected chi connectivity index (χ1v) is 8.97. The van der Waals surface area contributed by atoms with Gasteiger partial charge in [0.1, 0.15) is 12.1 Å². The van der Waals surface area contributed by atoms with Gasteiger partial charge in [-0.3, -0.25) is 9.59 Å².